The van der Waals surface area contributed by atoms with Crippen molar-refractivity contribution in [1.82, 2.24) is 14.7 Å². The van der Waals surface area contributed by atoms with Crippen molar-refractivity contribution in [3.63, 3.8) is 0 Å². The molecule has 156 valence electrons. The maximum atomic E-state index is 13.2. The second-order valence-electron chi connectivity index (χ2n) is 7.69. The van der Waals surface area contributed by atoms with Gasteiger partial charge in [-0.25, -0.2) is 4.39 Å². The maximum Gasteiger partial charge on any atom is 0.314 e. The van der Waals surface area contributed by atoms with E-state index in [0.29, 0.717) is 11.3 Å². The summed E-state index contributed by atoms with van der Waals surface area (Å²) in [5.41, 5.74) is 0.237. The molecule has 1 fully saturated rings. The summed E-state index contributed by atoms with van der Waals surface area (Å²) in [6.07, 6.45) is 0.694. The van der Waals surface area contributed by atoms with Gasteiger partial charge in [0.2, 0.25) is 0 Å². The third-order valence-corrected chi connectivity index (χ3v) is 5.58. The van der Waals surface area contributed by atoms with Crippen LogP contribution in [0, 0.1) is 11.2 Å². The number of aromatic nitrogens is 2. The number of hydrogen-bond donors (Lipinski definition) is 2. The Bertz CT molecular complexity index is 896. The van der Waals surface area contributed by atoms with Crippen molar-refractivity contribution in [2.24, 2.45) is 12.5 Å². The van der Waals surface area contributed by atoms with Gasteiger partial charge in [0.25, 0.3) is 5.91 Å². The van der Waals surface area contributed by atoms with Crippen LogP contribution in [-0.4, -0.2) is 56.0 Å². The Morgan fingerprint density at radius 1 is 1.31 bits per heavy atom. The summed E-state index contributed by atoms with van der Waals surface area (Å²) < 4.78 is 14.7. The Hall–Kier alpha value is -2.74. The van der Waals surface area contributed by atoms with E-state index in [2.05, 4.69) is 5.10 Å². The highest BCUT2D eigenvalue weighted by atomic mass is 19.1. The van der Waals surface area contributed by atoms with Crippen LogP contribution < -0.4 is 0 Å². The summed E-state index contributed by atoms with van der Waals surface area (Å²) in [5.74, 6) is -1.90. The van der Waals surface area contributed by atoms with Crippen molar-refractivity contribution >= 4 is 11.9 Å². The number of carbonyl (C=O) groups excluding carboxylic acids is 1. The summed E-state index contributed by atoms with van der Waals surface area (Å²) in [6, 6.07) is 7.26. The van der Waals surface area contributed by atoms with Gasteiger partial charge in [-0.05, 0) is 43.0 Å². The standard InChI is InChI=1S/C21H26FN3O4/c1-3-4-16-11-17(24(2)23-16)19(27)25-10-9-18(26)21(13-25,20(28)29)12-14-5-7-15(22)8-6-14/h5-8,11,18,26H,3-4,9-10,12-13H2,1-2H3,(H,28,29)/t18-,21-/m1/s1. The van der Waals surface area contributed by atoms with Gasteiger partial charge in [-0.15, -0.1) is 0 Å². The van der Waals surface area contributed by atoms with Crippen LogP contribution in [0.4, 0.5) is 4.39 Å². The monoisotopic (exact) mass is 403 g/mol. The molecule has 2 aromatic rings. The van der Waals surface area contributed by atoms with Crippen molar-refractivity contribution in [3.8, 4) is 0 Å². The van der Waals surface area contributed by atoms with Gasteiger partial charge in [0.05, 0.1) is 11.8 Å². The summed E-state index contributed by atoms with van der Waals surface area (Å²) >= 11 is 0. The molecule has 29 heavy (non-hydrogen) atoms. The number of halogens is 1. The van der Waals surface area contributed by atoms with Crippen LogP contribution in [-0.2, 0) is 24.7 Å². The molecule has 1 aromatic heterocycles. The van der Waals surface area contributed by atoms with Gasteiger partial charge in [0.1, 0.15) is 16.9 Å². The number of aryl methyl sites for hydroxylation is 2. The van der Waals surface area contributed by atoms with Crippen LogP contribution in [0.25, 0.3) is 0 Å². The van der Waals surface area contributed by atoms with Crippen molar-refractivity contribution in [1.29, 1.82) is 0 Å². The molecule has 1 amide bonds. The Kier molecular flexibility index (Phi) is 6.02. The van der Waals surface area contributed by atoms with Gasteiger partial charge in [-0.1, -0.05) is 25.5 Å². The van der Waals surface area contributed by atoms with E-state index in [1.165, 1.54) is 33.8 Å². The van der Waals surface area contributed by atoms with Gasteiger partial charge >= 0.3 is 5.97 Å². The van der Waals surface area contributed by atoms with E-state index in [0.717, 1.165) is 18.5 Å². The predicted octanol–water partition coefficient (Wildman–Crippen LogP) is 2.03. The van der Waals surface area contributed by atoms with Crippen LogP contribution >= 0.6 is 0 Å². The molecule has 0 unspecified atom stereocenters. The van der Waals surface area contributed by atoms with E-state index in [9.17, 15) is 24.2 Å². The van der Waals surface area contributed by atoms with E-state index in [-0.39, 0.29) is 31.8 Å². The first kappa shape index (κ1) is 21.0. The lowest BCUT2D eigenvalue weighted by Gasteiger charge is -2.43. The molecule has 3 rings (SSSR count). The molecule has 1 aliphatic rings. The zero-order valence-electron chi connectivity index (χ0n) is 16.6. The van der Waals surface area contributed by atoms with Crippen LogP contribution in [0.3, 0.4) is 0 Å². The highest BCUT2D eigenvalue weighted by Gasteiger charge is 2.50. The Morgan fingerprint density at radius 3 is 2.62 bits per heavy atom. The summed E-state index contributed by atoms with van der Waals surface area (Å²) in [6.45, 7) is 2.15. The molecule has 0 radical (unpaired) electrons. The molecule has 0 bridgehead atoms. The molecule has 2 N–H and O–H groups in total. The number of rotatable bonds is 6. The van der Waals surface area contributed by atoms with E-state index in [4.69, 9.17) is 0 Å². The summed E-state index contributed by atoms with van der Waals surface area (Å²) in [5, 5.41) is 24.9. The molecule has 8 heteroatoms. The Morgan fingerprint density at radius 2 is 2.00 bits per heavy atom. The number of hydrogen-bond acceptors (Lipinski definition) is 4. The van der Waals surface area contributed by atoms with Gasteiger partial charge in [0.15, 0.2) is 0 Å². The fourth-order valence-corrected chi connectivity index (χ4v) is 3.95. The highest BCUT2D eigenvalue weighted by molar-refractivity contribution is 5.93. The van der Waals surface area contributed by atoms with E-state index in [1.807, 2.05) is 6.92 Å². The number of likely N-dealkylation sites (tertiary alicyclic amines) is 1. The first-order valence-corrected chi connectivity index (χ1v) is 9.75. The van der Waals surface area contributed by atoms with E-state index >= 15 is 0 Å². The first-order valence-electron chi connectivity index (χ1n) is 9.75. The minimum atomic E-state index is -1.56. The van der Waals surface area contributed by atoms with Crippen molar-refractivity contribution in [2.75, 3.05) is 13.1 Å². The molecule has 0 spiro atoms. The van der Waals surface area contributed by atoms with Gasteiger partial charge in [0, 0.05) is 20.1 Å². The van der Waals surface area contributed by atoms with E-state index < -0.39 is 23.3 Å². The van der Waals surface area contributed by atoms with Gasteiger partial charge in [-0.3, -0.25) is 14.3 Å². The Balaban J connectivity index is 1.88. The lowest BCUT2D eigenvalue weighted by molar-refractivity contribution is -0.161. The summed E-state index contributed by atoms with van der Waals surface area (Å²) in [7, 11) is 1.69. The summed E-state index contributed by atoms with van der Waals surface area (Å²) in [4.78, 5) is 26.8. The van der Waals surface area contributed by atoms with Crippen LogP contribution in [0.2, 0.25) is 0 Å². The van der Waals surface area contributed by atoms with E-state index in [1.54, 1.807) is 13.1 Å². The number of carbonyl (C=O) groups is 2. The smallest absolute Gasteiger partial charge is 0.314 e. The largest absolute Gasteiger partial charge is 0.481 e. The second kappa shape index (κ2) is 8.32. The Labute approximate surface area is 168 Å². The minimum Gasteiger partial charge on any atom is -0.481 e. The maximum absolute atomic E-state index is 13.2. The van der Waals surface area contributed by atoms with Gasteiger partial charge < -0.3 is 15.1 Å². The normalized spacial score (nSPS) is 21.9. The lowest BCUT2D eigenvalue weighted by Crippen LogP contribution is -2.58. The number of nitrogens with zero attached hydrogens (tertiary/aromatic N) is 3. The number of carboxylic acid groups (broad SMARTS) is 1. The molecule has 2 heterocycles. The molecular weight excluding hydrogens is 377 g/mol. The van der Waals surface area contributed by atoms with Crippen LogP contribution in [0.15, 0.2) is 30.3 Å². The quantitative estimate of drug-likeness (QED) is 0.770. The van der Waals surface area contributed by atoms with Crippen LogP contribution in [0.1, 0.15) is 41.5 Å². The number of amides is 1. The molecule has 7 nitrogen and oxygen atoms in total. The number of aliphatic hydroxyl groups excluding tert-OH is 1. The fourth-order valence-electron chi connectivity index (χ4n) is 3.95. The molecule has 0 saturated carbocycles. The molecule has 2 atom stereocenters. The molecule has 1 aromatic carbocycles. The topological polar surface area (TPSA) is 95.7 Å². The van der Waals surface area contributed by atoms with Crippen molar-refractivity contribution < 1.29 is 24.2 Å². The SMILES string of the molecule is CCCc1cc(C(=O)N2CC[C@@H](O)[C@](Cc3ccc(F)cc3)(C(=O)O)C2)n(C)n1. The van der Waals surface area contributed by atoms with Crippen molar-refractivity contribution in [3.05, 3.63) is 53.1 Å². The number of aliphatic carboxylic acids is 1. The second-order valence-corrected chi connectivity index (χ2v) is 7.69. The molecule has 1 saturated heterocycles. The predicted molar refractivity (Wildman–Crippen MR) is 104 cm³/mol. The van der Waals surface area contributed by atoms with Crippen LogP contribution in [0.5, 0.6) is 0 Å². The third kappa shape index (κ3) is 4.17. The number of piperidine rings is 1. The fraction of sp³-hybridized carbons (Fsp3) is 0.476. The van der Waals surface area contributed by atoms with Gasteiger partial charge in [-0.2, -0.15) is 5.10 Å². The lowest BCUT2D eigenvalue weighted by atomic mass is 9.72. The van der Waals surface area contributed by atoms with Crippen molar-refractivity contribution in [2.45, 2.75) is 38.7 Å². The first-order chi connectivity index (χ1) is 13.8. The number of aliphatic hydroxyl groups is 1. The average Bonchev–Trinajstić information content (AvgIpc) is 3.05. The number of carboxylic acids is 1. The molecule has 0 aliphatic carbocycles. The molecular formula is C21H26FN3O4. The minimum absolute atomic E-state index is 0.0000314. The zero-order chi connectivity index (χ0) is 21.2. The third-order valence-electron chi connectivity index (χ3n) is 5.58. The zero-order valence-corrected chi connectivity index (χ0v) is 16.6. The average molecular weight is 403 g/mol. The highest BCUT2D eigenvalue weighted by Crippen LogP contribution is 2.35. The molecule has 1 aliphatic heterocycles. The number of benzene rings is 1.